The fraction of sp³-hybridized carbons (Fsp3) is 0.714. The number of amides is 2. The summed E-state index contributed by atoms with van der Waals surface area (Å²) in [7, 11) is 1.99. The Morgan fingerprint density at radius 3 is 2.31 bits per heavy atom. The van der Waals surface area contributed by atoms with E-state index >= 15 is 0 Å². The highest BCUT2D eigenvalue weighted by Crippen LogP contribution is 2.18. The lowest BCUT2D eigenvalue weighted by Gasteiger charge is -2.32. The average Bonchev–Trinajstić information content (AvgIpc) is 2.93. The molecule has 0 spiro atoms. The molecule has 0 aliphatic carbocycles. The van der Waals surface area contributed by atoms with E-state index in [0.29, 0.717) is 25.6 Å². The SMILES string of the molecule is CCCCN(CC(=O)N(Cc1cccn1C)CC(C)C)C(=O)C(C)(C)C. The summed E-state index contributed by atoms with van der Waals surface area (Å²) in [5, 5.41) is 0. The van der Waals surface area contributed by atoms with Gasteiger partial charge in [-0.1, -0.05) is 48.0 Å². The molecule has 0 atom stereocenters. The first-order valence-corrected chi connectivity index (χ1v) is 9.73. The Morgan fingerprint density at radius 2 is 1.85 bits per heavy atom. The molecule has 0 unspecified atom stereocenters. The van der Waals surface area contributed by atoms with E-state index in [0.717, 1.165) is 18.5 Å². The van der Waals surface area contributed by atoms with Gasteiger partial charge in [-0.25, -0.2) is 0 Å². The Bertz CT molecular complexity index is 584. The van der Waals surface area contributed by atoms with Crippen LogP contribution in [-0.4, -0.2) is 45.8 Å². The van der Waals surface area contributed by atoms with Crippen LogP contribution in [0.2, 0.25) is 0 Å². The number of nitrogens with zero attached hydrogens (tertiary/aromatic N) is 3. The molecule has 0 aliphatic rings. The van der Waals surface area contributed by atoms with Crippen molar-refractivity contribution < 1.29 is 9.59 Å². The van der Waals surface area contributed by atoms with Gasteiger partial charge in [0.1, 0.15) is 0 Å². The topological polar surface area (TPSA) is 45.6 Å². The maximum absolute atomic E-state index is 13.0. The van der Waals surface area contributed by atoms with Gasteiger partial charge >= 0.3 is 0 Å². The summed E-state index contributed by atoms with van der Waals surface area (Å²) < 4.78 is 2.04. The van der Waals surface area contributed by atoms with Crippen LogP contribution in [0.3, 0.4) is 0 Å². The summed E-state index contributed by atoms with van der Waals surface area (Å²) >= 11 is 0. The Morgan fingerprint density at radius 1 is 1.19 bits per heavy atom. The molecule has 0 radical (unpaired) electrons. The van der Waals surface area contributed by atoms with Crippen LogP contribution in [0.25, 0.3) is 0 Å². The zero-order valence-electron chi connectivity index (χ0n) is 17.7. The van der Waals surface area contributed by atoms with E-state index in [1.807, 2.05) is 55.6 Å². The van der Waals surface area contributed by atoms with Crippen LogP contribution >= 0.6 is 0 Å². The second-order valence-corrected chi connectivity index (χ2v) is 8.61. The van der Waals surface area contributed by atoms with E-state index in [4.69, 9.17) is 0 Å². The molecule has 0 aliphatic heterocycles. The van der Waals surface area contributed by atoms with Crippen molar-refractivity contribution in [1.82, 2.24) is 14.4 Å². The highest BCUT2D eigenvalue weighted by Gasteiger charge is 2.29. The molecule has 5 nitrogen and oxygen atoms in total. The third-order valence-corrected chi connectivity index (χ3v) is 4.38. The number of carbonyl (C=O) groups is 2. The van der Waals surface area contributed by atoms with E-state index in [1.54, 1.807) is 4.90 Å². The molecule has 0 saturated heterocycles. The van der Waals surface area contributed by atoms with E-state index in [-0.39, 0.29) is 18.4 Å². The maximum Gasteiger partial charge on any atom is 0.242 e. The lowest BCUT2D eigenvalue weighted by molar-refractivity contribution is -0.146. The van der Waals surface area contributed by atoms with Crippen molar-refractivity contribution in [1.29, 1.82) is 0 Å². The van der Waals surface area contributed by atoms with Gasteiger partial charge in [-0.3, -0.25) is 9.59 Å². The summed E-state index contributed by atoms with van der Waals surface area (Å²) in [6.07, 6.45) is 3.91. The number of aromatic nitrogens is 1. The minimum Gasteiger partial charge on any atom is -0.353 e. The van der Waals surface area contributed by atoms with Crippen LogP contribution in [0, 0.1) is 11.3 Å². The van der Waals surface area contributed by atoms with Crippen molar-refractivity contribution in [3.05, 3.63) is 24.0 Å². The molecular formula is C21H37N3O2. The summed E-state index contributed by atoms with van der Waals surface area (Å²) in [5.41, 5.74) is 0.621. The number of unbranched alkanes of at least 4 members (excludes halogenated alkanes) is 1. The normalized spacial score (nSPS) is 11.7. The number of hydrogen-bond acceptors (Lipinski definition) is 2. The van der Waals surface area contributed by atoms with E-state index < -0.39 is 5.41 Å². The maximum atomic E-state index is 13.0. The molecule has 2 amide bonds. The van der Waals surface area contributed by atoms with Gasteiger partial charge in [0, 0.05) is 37.4 Å². The lowest BCUT2D eigenvalue weighted by Crippen LogP contribution is -2.47. The van der Waals surface area contributed by atoms with Gasteiger partial charge < -0.3 is 14.4 Å². The molecule has 1 rings (SSSR count). The molecule has 5 heteroatoms. The zero-order chi connectivity index (χ0) is 19.9. The smallest absolute Gasteiger partial charge is 0.242 e. The first kappa shape index (κ1) is 22.3. The highest BCUT2D eigenvalue weighted by atomic mass is 16.2. The predicted molar refractivity (Wildman–Crippen MR) is 107 cm³/mol. The molecule has 26 heavy (non-hydrogen) atoms. The van der Waals surface area contributed by atoms with Crippen molar-refractivity contribution in [2.75, 3.05) is 19.6 Å². The third-order valence-electron chi connectivity index (χ3n) is 4.38. The molecule has 0 fully saturated rings. The van der Waals surface area contributed by atoms with Crippen LogP contribution in [-0.2, 0) is 23.2 Å². The monoisotopic (exact) mass is 363 g/mol. The Hall–Kier alpha value is -1.78. The van der Waals surface area contributed by atoms with Gasteiger partial charge in [0.25, 0.3) is 0 Å². The summed E-state index contributed by atoms with van der Waals surface area (Å²) in [5.74, 6) is 0.442. The molecule has 148 valence electrons. The van der Waals surface area contributed by atoms with Crippen LogP contribution in [0.5, 0.6) is 0 Å². The van der Waals surface area contributed by atoms with Gasteiger partial charge in [0.15, 0.2) is 0 Å². The number of carbonyl (C=O) groups excluding carboxylic acids is 2. The van der Waals surface area contributed by atoms with E-state index in [9.17, 15) is 9.59 Å². The van der Waals surface area contributed by atoms with Crippen LogP contribution in [0.1, 0.15) is 60.1 Å². The second-order valence-electron chi connectivity index (χ2n) is 8.61. The van der Waals surface area contributed by atoms with Crippen molar-refractivity contribution in [3.63, 3.8) is 0 Å². The average molecular weight is 364 g/mol. The molecule has 0 bridgehead atoms. The van der Waals surface area contributed by atoms with Crippen LogP contribution < -0.4 is 0 Å². The zero-order valence-corrected chi connectivity index (χ0v) is 17.7. The van der Waals surface area contributed by atoms with Gasteiger partial charge in [-0.05, 0) is 24.5 Å². The van der Waals surface area contributed by atoms with Gasteiger partial charge in [0.2, 0.25) is 11.8 Å². The summed E-state index contributed by atoms with van der Waals surface area (Å²) in [6.45, 7) is 14.1. The Kier molecular flexibility index (Phi) is 8.38. The molecular weight excluding hydrogens is 326 g/mol. The molecule has 1 heterocycles. The number of hydrogen-bond donors (Lipinski definition) is 0. The van der Waals surface area contributed by atoms with Gasteiger partial charge in [0.05, 0.1) is 13.1 Å². The summed E-state index contributed by atoms with van der Waals surface area (Å²) in [4.78, 5) is 29.4. The number of aryl methyl sites for hydroxylation is 1. The van der Waals surface area contributed by atoms with Gasteiger partial charge in [-0.15, -0.1) is 0 Å². The van der Waals surface area contributed by atoms with Crippen molar-refractivity contribution in [3.8, 4) is 0 Å². The van der Waals surface area contributed by atoms with Crippen LogP contribution in [0.15, 0.2) is 18.3 Å². The molecule has 1 aromatic rings. The second kappa shape index (κ2) is 9.79. The van der Waals surface area contributed by atoms with Gasteiger partial charge in [-0.2, -0.15) is 0 Å². The largest absolute Gasteiger partial charge is 0.353 e. The molecule has 1 aromatic heterocycles. The molecule has 0 N–H and O–H groups in total. The molecule has 0 saturated carbocycles. The summed E-state index contributed by atoms with van der Waals surface area (Å²) in [6, 6.07) is 4.03. The van der Waals surface area contributed by atoms with E-state index in [1.165, 1.54) is 0 Å². The Labute approximate surface area is 159 Å². The predicted octanol–water partition coefficient (Wildman–Crippen LogP) is 3.68. The lowest BCUT2D eigenvalue weighted by atomic mass is 9.94. The third kappa shape index (κ3) is 6.85. The fourth-order valence-electron chi connectivity index (χ4n) is 2.89. The number of rotatable bonds is 9. The highest BCUT2D eigenvalue weighted by molar-refractivity contribution is 5.87. The minimum absolute atomic E-state index is 0.0219. The molecule has 0 aromatic carbocycles. The van der Waals surface area contributed by atoms with Crippen molar-refractivity contribution >= 4 is 11.8 Å². The van der Waals surface area contributed by atoms with E-state index in [2.05, 4.69) is 20.8 Å². The fourth-order valence-corrected chi connectivity index (χ4v) is 2.89. The quantitative estimate of drug-likeness (QED) is 0.672. The first-order valence-electron chi connectivity index (χ1n) is 9.73. The van der Waals surface area contributed by atoms with Crippen molar-refractivity contribution in [2.45, 2.75) is 60.9 Å². The van der Waals surface area contributed by atoms with Crippen molar-refractivity contribution in [2.24, 2.45) is 18.4 Å². The van der Waals surface area contributed by atoms with Crippen LogP contribution in [0.4, 0.5) is 0 Å². The minimum atomic E-state index is -0.477. The standard InChI is InChI=1S/C21H37N3O2/c1-8-9-13-23(20(26)21(4,5)6)16-19(25)24(14-17(2)3)15-18-11-10-12-22(18)7/h10-12,17H,8-9,13-16H2,1-7H3. The Balaban J connectivity index is 2.92. The first-order chi connectivity index (χ1) is 12.1.